The lowest BCUT2D eigenvalue weighted by atomic mass is 10.1. The first-order valence-electron chi connectivity index (χ1n) is 6.89. The fraction of sp³-hybridized carbons (Fsp3) is 0.250. The Morgan fingerprint density at radius 1 is 1.14 bits per heavy atom. The van der Waals surface area contributed by atoms with E-state index in [2.05, 4.69) is 42.9 Å². The number of benzene rings is 1. The molecule has 0 aliphatic carbocycles. The van der Waals surface area contributed by atoms with E-state index in [4.69, 9.17) is 0 Å². The van der Waals surface area contributed by atoms with Crippen molar-refractivity contribution < 1.29 is 9.59 Å². The lowest BCUT2D eigenvalue weighted by molar-refractivity contribution is -0.121. The molecule has 4 nitrogen and oxygen atoms in total. The molecule has 116 valence electrons. The fourth-order valence-electron chi connectivity index (χ4n) is 1.72. The molecule has 0 radical (unpaired) electrons. The first-order valence-corrected chi connectivity index (χ1v) is 8.75. The number of rotatable bonds is 5. The van der Waals surface area contributed by atoms with Gasteiger partial charge in [-0.25, -0.2) is 0 Å². The summed E-state index contributed by atoms with van der Waals surface area (Å²) in [5.74, 6) is 0.190. The number of carbonyl (C=O) groups excluding carboxylic acids is 2. The quantitative estimate of drug-likeness (QED) is 0.651. The molecule has 6 heteroatoms. The van der Waals surface area contributed by atoms with E-state index in [1.165, 1.54) is 22.5 Å². The van der Waals surface area contributed by atoms with Crippen molar-refractivity contribution in [2.75, 3.05) is 5.75 Å². The van der Waals surface area contributed by atoms with Crippen molar-refractivity contribution in [1.82, 2.24) is 10.9 Å². The summed E-state index contributed by atoms with van der Waals surface area (Å²) in [5, 5.41) is 1.82. The van der Waals surface area contributed by atoms with Crippen molar-refractivity contribution in [3.05, 3.63) is 51.7 Å². The smallest absolute Gasteiger partial charge is 0.273 e. The van der Waals surface area contributed by atoms with Crippen LogP contribution in [0.5, 0.6) is 0 Å². The van der Waals surface area contributed by atoms with Crippen LogP contribution in [0.2, 0.25) is 0 Å². The Morgan fingerprint density at radius 2 is 1.95 bits per heavy atom. The molecule has 22 heavy (non-hydrogen) atoms. The van der Waals surface area contributed by atoms with Crippen LogP contribution in [0.3, 0.4) is 0 Å². The van der Waals surface area contributed by atoms with Crippen molar-refractivity contribution in [3.63, 3.8) is 0 Å². The topological polar surface area (TPSA) is 58.2 Å². The minimum absolute atomic E-state index is 0.193. The third-order valence-electron chi connectivity index (χ3n) is 3.14. The summed E-state index contributed by atoms with van der Waals surface area (Å²) in [6.45, 7) is 4.15. The summed E-state index contributed by atoms with van der Waals surface area (Å²) in [6.07, 6.45) is 0.350. The molecule has 1 aromatic carbocycles. The van der Waals surface area contributed by atoms with Gasteiger partial charge in [0.05, 0.1) is 4.88 Å². The maximum atomic E-state index is 11.7. The van der Waals surface area contributed by atoms with Crippen LogP contribution in [-0.4, -0.2) is 17.6 Å². The molecule has 0 atom stereocenters. The van der Waals surface area contributed by atoms with Gasteiger partial charge in [-0.1, -0.05) is 12.1 Å². The molecule has 1 heterocycles. The minimum Gasteiger partial charge on any atom is -0.273 e. The molecule has 0 saturated heterocycles. The average Bonchev–Trinajstić information content (AvgIpc) is 3.03. The number of thiophene rings is 1. The SMILES string of the molecule is Cc1ccc(SCCC(=O)NNC(=O)c2cccs2)cc1C. The number of amides is 2. The van der Waals surface area contributed by atoms with Gasteiger partial charge in [0.25, 0.3) is 5.91 Å². The van der Waals surface area contributed by atoms with Gasteiger partial charge in [0.1, 0.15) is 0 Å². The van der Waals surface area contributed by atoms with E-state index in [9.17, 15) is 9.59 Å². The molecule has 2 amide bonds. The van der Waals surface area contributed by atoms with Gasteiger partial charge in [0.2, 0.25) is 5.91 Å². The van der Waals surface area contributed by atoms with Gasteiger partial charge in [0.15, 0.2) is 0 Å². The monoisotopic (exact) mass is 334 g/mol. The zero-order valence-corrected chi connectivity index (χ0v) is 14.1. The van der Waals surface area contributed by atoms with Crippen LogP contribution in [0.15, 0.2) is 40.6 Å². The standard InChI is InChI=1S/C16H18N2O2S2/c1-11-5-6-13(10-12(11)2)21-9-7-15(19)17-18-16(20)14-4-3-8-22-14/h3-6,8,10H,7,9H2,1-2H3,(H,17,19)(H,18,20). The highest BCUT2D eigenvalue weighted by Gasteiger charge is 2.08. The summed E-state index contributed by atoms with van der Waals surface area (Å²) < 4.78 is 0. The maximum absolute atomic E-state index is 11.7. The van der Waals surface area contributed by atoms with Crippen LogP contribution in [0.4, 0.5) is 0 Å². The Morgan fingerprint density at radius 3 is 2.64 bits per heavy atom. The van der Waals surface area contributed by atoms with Crippen LogP contribution >= 0.6 is 23.1 Å². The molecule has 0 spiro atoms. The lowest BCUT2D eigenvalue weighted by Crippen LogP contribution is -2.41. The summed E-state index contributed by atoms with van der Waals surface area (Å²) in [6, 6.07) is 9.77. The Balaban J connectivity index is 1.69. The maximum Gasteiger partial charge on any atom is 0.279 e. The van der Waals surface area contributed by atoms with E-state index < -0.39 is 0 Å². The van der Waals surface area contributed by atoms with Crippen molar-refractivity contribution in [1.29, 1.82) is 0 Å². The normalized spacial score (nSPS) is 10.3. The first kappa shape index (κ1) is 16.6. The van der Waals surface area contributed by atoms with Gasteiger partial charge in [-0.05, 0) is 48.6 Å². The lowest BCUT2D eigenvalue weighted by Gasteiger charge is -2.07. The summed E-state index contributed by atoms with van der Waals surface area (Å²) >= 11 is 2.96. The molecule has 0 aliphatic heterocycles. The Bertz CT molecular complexity index is 654. The highest BCUT2D eigenvalue weighted by atomic mass is 32.2. The number of aryl methyl sites for hydroxylation is 2. The van der Waals surface area contributed by atoms with Crippen LogP contribution in [-0.2, 0) is 4.79 Å². The molecule has 1 aromatic heterocycles. The van der Waals surface area contributed by atoms with Gasteiger partial charge < -0.3 is 0 Å². The molecular formula is C16H18N2O2S2. The number of hydrazine groups is 1. The summed E-state index contributed by atoms with van der Waals surface area (Å²) in [4.78, 5) is 25.1. The minimum atomic E-state index is -0.287. The second-order valence-corrected chi connectivity index (χ2v) is 6.94. The Hall–Kier alpha value is -1.79. The van der Waals surface area contributed by atoms with Crippen LogP contribution in [0.25, 0.3) is 0 Å². The molecule has 2 aromatic rings. The molecule has 2 N–H and O–H groups in total. The fourth-order valence-corrected chi connectivity index (χ4v) is 3.29. The number of thioether (sulfide) groups is 1. The van der Waals surface area contributed by atoms with Crippen molar-refractivity contribution in [2.45, 2.75) is 25.2 Å². The number of hydrogen-bond acceptors (Lipinski definition) is 4. The van der Waals surface area contributed by atoms with E-state index in [1.54, 1.807) is 23.9 Å². The third-order valence-corrected chi connectivity index (χ3v) is 5.00. The zero-order chi connectivity index (χ0) is 15.9. The van der Waals surface area contributed by atoms with E-state index in [1.807, 2.05) is 5.38 Å². The second-order valence-electron chi connectivity index (χ2n) is 4.82. The van der Waals surface area contributed by atoms with E-state index >= 15 is 0 Å². The molecule has 2 rings (SSSR count). The molecule has 0 unspecified atom stereocenters. The number of nitrogens with one attached hydrogen (secondary N) is 2. The van der Waals surface area contributed by atoms with Crippen LogP contribution in [0, 0.1) is 13.8 Å². The van der Waals surface area contributed by atoms with Gasteiger partial charge in [0, 0.05) is 17.1 Å². The molecule has 0 bridgehead atoms. The highest BCUT2D eigenvalue weighted by Crippen LogP contribution is 2.21. The predicted octanol–water partition coefficient (Wildman–Crippen LogP) is 3.31. The molecule has 0 fully saturated rings. The van der Waals surface area contributed by atoms with Crippen molar-refractivity contribution >= 4 is 34.9 Å². The van der Waals surface area contributed by atoms with Crippen LogP contribution in [0.1, 0.15) is 27.2 Å². The van der Waals surface area contributed by atoms with E-state index in [0.717, 1.165) is 4.90 Å². The number of carbonyl (C=O) groups is 2. The third kappa shape index (κ3) is 4.89. The molecular weight excluding hydrogens is 316 g/mol. The van der Waals surface area contributed by atoms with Crippen LogP contribution < -0.4 is 10.9 Å². The summed E-state index contributed by atoms with van der Waals surface area (Å²) in [7, 11) is 0. The van der Waals surface area contributed by atoms with Gasteiger partial charge in [-0.15, -0.1) is 23.1 Å². The molecule has 0 aliphatic rings. The van der Waals surface area contributed by atoms with E-state index in [-0.39, 0.29) is 11.8 Å². The van der Waals surface area contributed by atoms with Gasteiger partial charge in [-0.2, -0.15) is 0 Å². The van der Waals surface area contributed by atoms with Crippen molar-refractivity contribution in [2.24, 2.45) is 0 Å². The highest BCUT2D eigenvalue weighted by molar-refractivity contribution is 7.99. The van der Waals surface area contributed by atoms with Crippen molar-refractivity contribution in [3.8, 4) is 0 Å². The van der Waals surface area contributed by atoms with Gasteiger partial charge in [-0.3, -0.25) is 20.4 Å². The molecule has 0 saturated carbocycles. The van der Waals surface area contributed by atoms with Gasteiger partial charge >= 0.3 is 0 Å². The second kappa shape index (κ2) is 8.00. The first-order chi connectivity index (χ1) is 10.6. The Labute approximate surface area is 138 Å². The largest absolute Gasteiger partial charge is 0.279 e. The van der Waals surface area contributed by atoms with E-state index in [0.29, 0.717) is 17.1 Å². The summed E-state index contributed by atoms with van der Waals surface area (Å²) in [5.41, 5.74) is 7.36. The average molecular weight is 334 g/mol. The predicted molar refractivity (Wildman–Crippen MR) is 91.2 cm³/mol. The Kier molecular flexibility index (Phi) is 6.03. The zero-order valence-electron chi connectivity index (χ0n) is 12.5. The number of hydrogen-bond donors (Lipinski definition) is 2.